The highest BCUT2D eigenvalue weighted by Crippen LogP contribution is 2.28. The fraction of sp³-hybridized carbons (Fsp3) is 0.364. The van der Waals surface area contributed by atoms with Gasteiger partial charge in [0.1, 0.15) is 11.5 Å². The molecule has 0 amide bonds. The number of ether oxygens (including phenoxy) is 1. The van der Waals surface area contributed by atoms with Crippen LogP contribution in [-0.4, -0.2) is 24.5 Å². The normalized spacial score (nSPS) is 10.1. The molecule has 0 saturated heterocycles. The van der Waals surface area contributed by atoms with Crippen LogP contribution in [0.4, 0.5) is 0 Å². The fourth-order valence-corrected chi connectivity index (χ4v) is 1.32. The van der Waals surface area contributed by atoms with E-state index < -0.39 is 0 Å². The number of hydrogen-bond acceptors (Lipinski definition) is 4. The summed E-state index contributed by atoms with van der Waals surface area (Å²) in [6.45, 7) is 2.03. The van der Waals surface area contributed by atoms with Crippen molar-refractivity contribution in [1.82, 2.24) is 0 Å². The van der Waals surface area contributed by atoms with Crippen molar-refractivity contribution in [2.75, 3.05) is 13.7 Å². The molecule has 0 aliphatic rings. The van der Waals surface area contributed by atoms with Crippen molar-refractivity contribution >= 4 is 5.78 Å². The van der Waals surface area contributed by atoms with E-state index in [1.807, 2.05) is 0 Å². The molecule has 0 atom stereocenters. The van der Waals surface area contributed by atoms with Gasteiger partial charge in [-0.15, -0.1) is 0 Å². The van der Waals surface area contributed by atoms with E-state index in [1.54, 1.807) is 13.0 Å². The number of nitrogens with two attached hydrogens (primary N) is 1. The maximum Gasteiger partial charge on any atom is 0.164 e. The monoisotopic (exact) mass is 209 g/mol. The topological polar surface area (TPSA) is 72.5 Å². The summed E-state index contributed by atoms with van der Waals surface area (Å²) in [5.41, 5.74) is 6.35. The lowest BCUT2D eigenvalue weighted by atomic mass is 10.0. The predicted octanol–water partition coefficient (Wildman–Crippen LogP) is 1.24. The van der Waals surface area contributed by atoms with Crippen LogP contribution >= 0.6 is 0 Å². The van der Waals surface area contributed by atoms with Gasteiger partial charge in [0.2, 0.25) is 0 Å². The van der Waals surface area contributed by atoms with E-state index in [9.17, 15) is 9.90 Å². The Bertz CT molecular complexity index is 374. The average molecular weight is 209 g/mol. The van der Waals surface area contributed by atoms with Gasteiger partial charge in [0.05, 0.1) is 7.11 Å². The number of hydrogen-bond donors (Lipinski definition) is 2. The van der Waals surface area contributed by atoms with Crippen LogP contribution in [0, 0.1) is 6.92 Å². The first-order valence-electron chi connectivity index (χ1n) is 4.71. The average Bonchev–Trinajstić information content (AvgIpc) is 2.22. The van der Waals surface area contributed by atoms with Crippen LogP contribution in [0.15, 0.2) is 12.1 Å². The van der Waals surface area contributed by atoms with Crippen LogP contribution < -0.4 is 10.5 Å². The third kappa shape index (κ3) is 2.47. The lowest BCUT2D eigenvalue weighted by Gasteiger charge is -2.09. The largest absolute Gasteiger partial charge is 0.508 e. The lowest BCUT2D eigenvalue weighted by molar-refractivity contribution is 0.0984. The minimum Gasteiger partial charge on any atom is -0.508 e. The number of aromatic hydroxyl groups is 1. The van der Waals surface area contributed by atoms with E-state index in [-0.39, 0.29) is 18.0 Å². The Morgan fingerprint density at radius 1 is 1.53 bits per heavy atom. The van der Waals surface area contributed by atoms with Gasteiger partial charge in [-0.05, 0) is 25.6 Å². The smallest absolute Gasteiger partial charge is 0.164 e. The van der Waals surface area contributed by atoms with Gasteiger partial charge in [-0.1, -0.05) is 0 Å². The van der Waals surface area contributed by atoms with E-state index in [0.29, 0.717) is 23.4 Å². The molecule has 15 heavy (non-hydrogen) atoms. The zero-order valence-electron chi connectivity index (χ0n) is 8.91. The minimum absolute atomic E-state index is 0.0646. The number of carbonyl (C=O) groups is 1. The van der Waals surface area contributed by atoms with Gasteiger partial charge in [-0.3, -0.25) is 4.79 Å². The van der Waals surface area contributed by atoms with Crippen LogP contribution in [0.1, 0.15) is 22.3 Å². The number of Topliss-reactive ketones (excluding diaryl/α,β-unsaturated/α-hetero) is 1. The zero-order chi connectivity index (χ0) is 11.4. The molecule has 0 aliphatic carbocycles. The molecule has 3 N–H and O–H groups in total. The molecule has 0 heterocycles. The van der Waals surface area contributed by atoms with Crippen LogP contribution in [-0.2, 0) is 0 Å². The molecule has 0 saturated carbocycles. The van der Waals surface area contributed by atoms with Crippen molar-refractivity contribution in [3.63, 3.8) is 0 Å². The first-order chi connectivity index (χ1) is 7.10. The zero-order valence-corrected chi connectivity index (χ0v) is 8.91. The molecule has 0 fully saturated rings. The number of ketones is 1. The van der Waals surface area contributed by atoms with Crippen molar-refractivity contribution in [3.05, 3.63) is 23.3 Å². The van der Waals surface area contributed by atoms with E-state index >= 15 is 0 Å². The molecule has 82 valence electrons. The quantitative estimate of drug-likeness (QED) is 0.732. The van der Waals surface area contributed by atoms with Crippen molar-refractivity contribution in [1.29, 1.82) is 0 Å². The number of rotatable bonds is 4. The SMILES string of the molecule is COc1cc(C(=O)CCN)cc(O)c1C. The Morgan fingerprint density at radius 2 is 2.20 bits per heavy atom. The Kier molecular flexibility index (Phi) is 3.68. The highest BCUT2D eigenvalue weighted by atomic mass is 16.5. The fourth-order valence-electron chi connectivity index (χ4n) is 1.32. The molecule has 1 aromatic rings. The molecule has 1 rings (SSSR count). The molecule has 0 bridgehead atoms. The summed E-state index contributed by atoms with van der Waals surface area (Å²) >= 11 is 0. The van der Waals surface area contributed by atoms with Crippen molar-refractivity contribution < 1.29 is 14.6 Å². The number of carbonyl (C=O) groups excluding carboxylic acids is 1. The summed E-state index contributed by atoms with van der Waals surface area (Å²) in [6, 6.07) is 3.06. The lowest BCUT2D eigenvalue weighted by Crippen LogP contribution is -2.08. The Labute approximate surface area is 88.7 Å². The summed E-state index contributed by atoms with van der Waals surface area (Å²) in [5, 5.41) is 9.57. The van der Waals surface area contributed by atoms with Gasteiger partial charge in [-0.25, -0.2) is 0 Å². The van der Waals surface area contributed by atoms with Gasteiger partial charge < -0.3 is 15.6 Å². The Hall–Kier alpha value is -1.55. The first kappa shape index (κ1) is 11.5. The molecular weight excluding hydrogens is 194 g/mol. The Morgan fingerprint density at radius 3 is 2.73 bits per heavy atom. The predicted molar refractivity (Wildman–Crippen MR) is 57.4 cm³/mol. The first-order valence-corrected chi connectivity index (χ1v) is 4.71. The van der Waals surface area contributed by atoms with Crippen LogP contribution in [0.5, 0.6) is 11.5 Å². The summed E-state index contributed by atoms with van der Waals surface area (Å²) in [7, 11) is 1.50. The second-order valence-electron chi connectivity index (χ2n) is 3.28. The maximum atomic E-state index is 11.5. The van der Waals surface area contributed by atoms with Gasteiger partial charge >= 0.3 is 0 Å². The molecular formula is C11H15NO3. The minimum atomic E-state index is -0.0916. The highest BCUT2D eigenvalue weighted by molar-refractivity contribution is 5.97. The standard InChI is InChI=1S/C11H15NO3/c1-7-10(14)5-8(6-11(7)15-2)9(13)3-4-12/h5-6,14H,3-4,12H2,1-2H3. The third-order valence-electron chi connectivity index (χ3n) is 2.25. The highest BCUT2D eigenvalue weighted by Gasteiger charge is 2.11. The molecule has 0 aliphatic heterocycles. The molecule has 1 aromatic carbocycles. The van der Waals surface area contributed by atoms with E-state index in [4.69, 9.17) is 10.5 Å². The molecule has 4 heteroatoms. The van der Waals surface area contributed by atoms with E-state index in [1.165, 1.54) is 13.2 Å². The van der Waals surface area contributed by atoms with E-state index in [0.717, 1.165) is 0 Å². The molecule has 0 radical (unpaired) electrons. The second-order valence-corrected chi connectivity index (χ2v) is 3.28. The van der Waals surface area contributed by atoms with Crippen molar-refractivity contribution in [2.24, 2.45) is 5.73 Å². The van der Waals surface area contributed by atoms with Crippen LogP contribution in [0.3, 0.4) is 0 Å². The maximum absolute atomic E-state index is 11.5. The summed E-state index contributed by atoms with van der Waals surface area (Å²) in [6.07, 6.45) is 0.269. The van der Waals surface area contributed by atoms with Gasteiger partial charge in [0, 0.05) is 17.5 Å². The van der Waals surface area contributed by atoms with Gasteiger partial charge in [0.25, 0.3) is 0 Å². The molecule has 4 nitrogen and oxygen atoms in total. The summed E-state index contributed by atoms with van der Waals surface area (Å²) in [5.74, 6) is 0.483. The summed E-state index contributed by atoms with van der Waals surface area (Å²) in [4.78, 5) is 11.5. The van der Waals surface area contributed by atoms with E-state index in [2.05, 4.69) is 0 Å². The van der Waals surface area contributed by atoms with Crippen LogP contribution in [0.25, 0.3) is 0 Å². The number of benzene rings is 1. The number of phenolic OH excluding ortho intramolecular Hbond substituents is 1. The Balaban J connectivity index is 3.10. The molecule has 0 unspecified atom stereocenters. The van der Waals surface area contributed by atoms with Gasteiger partial charge in [-0.2, -0.15) is 0 Å². The second kappa shape index (κ2) is 4.79. The number of phenols is 1. The number of methoxy groups -OCH3 is 1. The van der Waals surface area contributed by atoms with Gasteiger partial charge in [0.15, 0.2) is 5.78 Å². The van der Waals surface area contributed by atoms with Crippen molar-refractivity contribution in [3.8, 4) is 11.5 Å². The third-order valence-corrected chi connectivity index (χ3v) is 2.25. The molecule has 0 spiro atoms. The molecule has 0 aromatic heterocycles. The summed E-state index contributed by atoms with van der Waals surface area (Å²) < 4.78 is 5.05. The van der Waals surface area contributed by atoms with Crippen molar-refractivity contribution in [2.45, 2.75) is 13.3 Å². The van der Waals surface area contributed by atoms with Crippen LogP contribution in [0.2, 0.25) is 0 Å².